The molecule has 18 heavy (non-hydrogen) atoms. The zero-order chi connectivity index (χ0) is 13.3. The molecule has 8 nitrogen and oxygen atoms in total. The fraction of sp³-hybridized carbons (Fsp3) is 0.200. The summed E-state index contributed by atoms with van der Waals surface area (Å²) in [4.78, 5) is 20.6. The van der Waals surface area contributed by atoms with Crippen molar-refractivity contribution < 1.29 is 19.2 Å². The second kappa shape index (κ2) is 4.32. The maximum Gasteiger partial charge on any atom is 0.433 e. The number of aromatic nitrogens is 2. The van der Waals surface area contributed by atoms with Crippen molar-refractivity contribution in [3.63, 3.8) is 0 Å². The van der Waals surface area contributed by atoms with Crippen LogP contribution in [0.2, 0.25) is 0 Å². The van der Waals surface area contributed by atoms with Crippen molar-refractivity contribution in [2.45, 2.75) is 13.5 Å². The summed E-state index contributed by atoms with van der Waals surface area (Å²) in [6, 6.07) is 2.69. The molecular weight excluding hydrogens is 242 g/mol. The lowest BCUT2D eigenvalue weighted by Gasteiger charge is -1.95. The van der Waals surface area contributed by atoms with Gasteiger partial charge in [-0.1, -0.05) is 0 Å². The Hall–Kier alpha value is -2.64. The van der Waals surface area contributed by atoms with Gasteiger partial charge in [-0.3, -0.25) is 14.8 Å². The van der Waals surface area contributed by atoms with Gasteiger partial charge in [-0.25, -0.2) is 4.79 Å². The van der Waals surface area contributed by atoms with Gasteiger partial charge >= 0.3 is 11.9 Å². The summed E-state index contributed by atoms with van der Waals surface area (Å²) in [5, 5.41) is 23.3. The van der Waals surface area contributed by atoms with Crippen LogP contribution in [0.15, 0.2) is 22.7 Å². The Bertz CT molecular complexity index is 613. The molecule has 2 aromatic rings. The Labute approximate surface area is 101 Å². The predicted octanol–water partition coefficient (Wildman–Crippen LogP) is 1.44. The number of hydrogen-bond acceptors (Lipinski definition) is 5. The van der Waals surface area contributed by atoms with Gasteiger partial charge in [0.15, 0.2) is 0 Å². The van der Waals surface area contributed by atoms with Crippen molar-refractivity contribution in [2.75, 3.05) is 0 Å². The highest BCUT2D eigenvalue weighted by molar-refractivity contribution is 5.88. The standard InChI is InChI=1S/C10H9N3O5/c1-6-8(10(14)15)5-12(11-6)4-7-2-3-9(18-7)13(16)17/h2-3,5H,4H2,1H3,(H,14,15). The van der Waals surface area contributed by atoms with E-state index in [4.69, 9.17) is 9.52 Å². The number of furan rings is 1. The molecule has 0 spiro atoms. The van der Waals surface area contributed by atoms with Crippen molar-refractivity contribution in [2.24, 2.45) is 0 Å². The fourth-order valence-corrected chi connectivity index (χ4v) is 1.52. The number of rotatable bonds is 4. The van der Waals surface area contributed by atoms with E-state index in [0.717, 1.165) is 0 Å². The molecule has 0 saturated carbocycles. The maximum absolute atomic E-state index is 10.8. The molecule has 0 unspecified atom stereocenters. The van der Waals surface area contributed by atoms with Gasteiger partial charge in [0.25, 0.3) is 0 Å². The van der Waals surface area contributed by atoms with Crippen LogP contribution in [0, 0.1) is 17.0 Å². The molecule has 94 valence electrons. The quantitative estimate of drug-likeness (QED) is 0.650. The molecule has 0 aromatic carbocycles. The minimum atomic E-state index is -1.07. The molecule has 0 bridgehead atoms. The fourth-order valence-electron chi connectivity index (χ4n) is 1.52. The number of carboxylic acids is 1. The van der Waals surface area contributed by atoms with Crippen molar-refractivity contribution >= 4 is 11.9 Å². The molecule has 0 atom stereocenters. The van der Waals surface area contributed by atoms with Crippen LogP contribution in [0.1, 0.15) is 21.8 Å². The van der Waals surface area contributed by atoms with Gasteiger partial charge in [-0.05, 0) is 13.0 Å². The second-order valence-corrected chi connectivity index (χ2v) is 3.63. The van der Waals surface area contributed by atoms with Crippen LogP contribution < -0.4 is 0 Å². The van der Waals surface area contributed by atoms with Crippen LogP contribution in [-0.4, -0.2) is 25.8 Å². The second-order valence-electron chi connectivity index (χ2n) is 3.63. The molecule has 0 aliphatic rings. The molecule has 2 rings (SSSR count). The smallest absolute Gasteiger partial charge is 0.433 e. The van der Waals surface area contributed by atoms with E-state index in [1.807, 2.05) is 0 Å². The van der Waals surface area contributed by atoms with Crippen LogP contribution >= 0.6 is 0 Å². The minimum Gasteiger partial charge on any atom is -0.478 e. The Balaban J connectivity index is 2.20. The Kier molecular flexibility index (Phi) is 2.84. The lowest BCUT2D eigenvalue weighted by Crippen LogP contribution is -1.99. The largest absolute Gasteiger partial charge is 0.478 e. The highest BCUT2D eigenvalue weighted by atomic mass is 16.6. The number of carboxylic acid groups (broad SMARTS) is 1. The number of hydrogen-bond donors (Lipinski definition) is 1. The summed E-state index contributed by atoms with van der Waals surface area (Å²) in [5.74, 6) is -1.09. The number of nitro groups is 1. The number of carbonyl (C=O) groups is 1. The Morgan fingerprint density at radius 2 is 2.33 bits per heavy atom. The zero-order valence-corrected chi connectivity index (χ0v) is 9.36. The van der Waals surface area contributed by atoms with E-state index in [2.05, 4.69) is 5.10 Å². The van der Waals surface area contributed by atoms with Crippen LogP contribution in [0.4, 0.5) is 5.88 Å². The first-order chi connectivity index (χ1) is 8.47. The van der Waals surface area contributed by atoms with Gasteiger partial charge in [-0.2, -0.15) is 5.10 Å². The monoisotopic (exact) mass is 251 g/mol. The summed E-state index contributed by atoms with van der Waals surface area (Å²) >= 11 is 0. The van der Waals surface area contributed by atoms with Crippen LogP contribution in [0.3, 0.4) is 0 Å². The van der Waals surface area contributed by atoms with E-state index in [-0.39, 0.29) is 18.0 Å². The van der Waals surface area contributed by atoms with Crippen molar-refractivity contribution in [3.8, 4) is 0 Å². The zero-order valence-electron chi connectivity index (χ0n) is 9.36. The highest BCUT2D eigenvalue weighted by Crippen LogP contribution is 2.17. The molecule has 0 amide bonds. The average molecular weight is 251 g/mol. The third-order valence-corrected chi connectivity index (χ3v) is 2.32. The lowest BCUT2D eigenvalue weighted by molar-refractivity contribution is -0.402. The molecule has 0 aliphatic heterocycles. The van der Waals surface area contributed by atoms with E-state index in [1.165, 1.54) is 23.0 Å². The summed E-state index contributed by atoms with van der Waals surface area (Å²) < 4.78 is 6.31. The molecule has 2 heterocycles. The van der Waals surface area contributed by atoms with Gasteiger partial charge in [0.1, 0.15) is 16.2 Å². The predicted molar refractivity (Wildman–Crippen MR) is 58.4 cm³/mol. The Morgan fingerprint density at radius 3 is 2.83 bits per heavy atom. The van der Waals surface area contributed by atoms with Crippen LogP contribution in [-0.2, 0) is 6.54 Å². The maximum atomic E-state index is 10.8. The van der Waals surface area contributed by atoms with Gasteiger partial charge in [0.05, 0.1) is 18.3 Å². The topological polar surface area (TPSA) is 111 Å². The molecule has 1 N–H and O–H groups in total. The molecule has 0 radical (unpaired) electrons. The molecule has 0 aliphatic carbocycles. The summed E-state index contributed by atoms with van der Waals surface area (Å²) in [7, 11) is 0. The normalized spacial score (nSPS) is 10.5. The number of aromatic carboxylic acids is 1. The van der Waals surface area contributed by atoms with Crippen molar-refractivity contribution in [1.29, 1.82) is 0 Å². The van der Waals surface area contributed by atoms with Crippen LogP contribution in [0.25, 0.3) is 0 Å². The van der Waals surface area contributed by atoms with E-state index in [0.29, 0.717) is 11.5 Å². The lowest BCUT2D eigenvalue weighted by atomic mass is 10.3. The van der Waals surface area contributed by atoms with Crippen LogP contribution in [0.5, 0.6) is 0 Å². The van der Waals surface area contributed by atoms with Gasteiger partial charge in [0, 0.05) is 6.20 Å². The summed E-state index contributed by atoms with van der Waals surface area (Å²) in [6.45, 7) is 1.71. The molecular formula is C10H9N3O5. The minimum absolute atomic E-state index is 0.0936. The SMILES string of the molecule is Cc1nn(Cc2ccc([N+](=O)[O-])o2)cc1C(=O)O. The van der Waals surface area contributed by atoms with Crippen molar-refractivity contribution in [1.82, 2.24) is 9.78 Å². The summed E-state index contributed by atoms with van der Waals surface area (Å²) in [6.07, 6.45) is 1.35. The number of nitrogens with zero attached hydrogens (tertiary/aromatic N) is 3. The third kappa shape index (κ3) is 2.21. The first-order valence-electron chi connectivity index (χ1n) is 4.98. The van der Waals surface area contributed by atoms with E-state index >= 15 is 0 Å². The summed E-state index contributed by atoms with van der Waals surface area (Å²) in [5.41, 5.74) is 0.472. The Morgan fingerprint density at radius 1 is 1.61 bits per heavy atom. The van der Waals surface area contributed by atoms with E-state index in [9.17, 15) is 14.9 Å². The first-order valence-corrected chi connectivity index (χ1v) is 4.98. The molecule has 0 saturated heterocycles. The van der Waals surface area contributed by atoms with Gasteiger partial charge in [0.2, 0.25) is 0 Å². The molecule has 2 aromatic heterocycles. The van der Waals surface area contributed by atoms with E-state index in [1.54, 1.807) is 6.92 Å². The van der Waals surface area contributed by atoms with E-state index < -0.39 is 10.9 Å². The highest BCUT2D eigenvalue weighted by Gasteiger charge is 2.15. The van der Waals surface area contributed by atoms with Gasteiger partial charge in [-0.15, -0.1) is 0 Å². The third-order valence-electron chi connectivity index (χ3n) is 2.32. The van der Waals surface area contributed by atoms with Crippen molar-refractivity contribution in [3.05, 3.63) is 45.5 Å². The first kappa shape index (κ1) is 11.8. The molecule has 8 heteroatoms. The molecule has 0 fully saturated rings. The average Bonchev–Trinajstić information content (AvgIpc) is 2.86. The van der Waals surface area contributed by atoms with Gasteiger partial charge < -0.3 is 9.52 Å². The number of aryl methyl sites for hydroxylation is 1.